The van der Waals surface area contributed by atoms with Crippen molar-refractivity contribution >= 4 is 17.9 Å². The summed E-state index contributed by atoms with van der Waals surface area (Å²) in [5.41, 5.74) is 0.786. The lowest BCUT2D eigenvalue weighted by Gasteiger charge is -2.53. The number of hydrogen-bond donors (Lipinski definition) is 1. The number of carbonyl (C=O) groups is 3. The highest BCUT2D eigenvalue weighted by atomic mass is 19.1. The van der Waals surface area contributed by atoms with E-state index in [4.69, 9.17) is 0 Å². The number of rotatable bonds is 4. The van der Waals surface area contributed by atoms with E-state index in [0.717, 1.165) is 37.7 Å². The van der Waals surface area contributed by atoms with Crippen LogP contribution in [0.25, 0.3) is 0 Å². The van der Waals surface area contributed by atoms with E-state index in [1.54, 1.807) is 15.9 Å². The molecule has 1 aliphatic carbocycles. The number of amides is 3. The normalized spacial score (nSPS) is 25.4. The van der Waals surface area contributed by atoms with Crippen LogP contribution < -0.4 is 0 Å². The van der Waals surface area contributed by atoms with E-state index in [9.17, 15) is 23.9 Å². The molecule has 162 valence electrons. The lowest BCUT2D eigenvalue weighted by molar-refractivity contribution is -0.171. The van der Waals surface area contributed by atoms with Gasteiger partial charge < -0.3 is 14.9 Å². The molecule has 3 fully saturated rings. The van der Waals surface area contributed by atoms with E-state index in [1.807, 2.05) is 6.07 Å². The summed E-state index contributed by atoms with van der Waals surface area (Å²) in [4.78, 5) is 42.7. The highest BCUT2D eigenvalue weighted by Crippen LogP contribution is 2.35. The van der Waals surface area contributed by atoms with E-state index in [0.29, 0.717) is 13.0 Å². The Morgan fingerprint density at radius 2 is 1.93 bits per heavy atom. The molecular weight excluding hydrogens is 389 g/mol. The van der Waals surface area contributed by atoms with Crippen molar-refractivity contribution in [3.63, 3.8) is 0 Å². The van der Waals surface area contributed by atoms with Gasteiger partial charge in [0.05, 0.1) is 6.54 Å². The Labute approximate surface area is 175 Å². The minimum Gasteiger partial charge on any atom is -0.465 e. The summed E-state index contributed by atoms with van der Waals surface area (Å²) >= 11 is 0. The molecule has 0 bridgehead atoms. The molecule has 1 aromatic carbocycles. The zero-order chi connectivity index (χ0) is 21.3. The van der Waals surface area contributed by atoms with Gasteiger partial charge in [-0.05, 0) is 42.9 Å². The van der Waals surface area contributed by atoms with E-state index in [1.165, 1.54) is 17.0 Å². The first-order valence-corrected chi connectivity index (χ1v) is 10.8. The standard InChI is InChI=1S/C22H28FN3O4/c23-17-8-4-5-15(13-17)9-11-24-14-18-25(22(29)30)12-10-19(27)26(18)20(21(24)28)16-6-2-1-3-7-16/h4-5,8,13,16,18,20H,1-3,6-7,9-12,14H2,(H,29,30)/t18-,20+/m1/s1. The van der Waals surface area contributed by atoms with Crippen LogP contribution in [0, 0.1) is 11.7 Å². The number of carbonyl (C=O) groups excluding carboxylic acids is 2. The Bertz CT molecular complexity index is 826. The molecule has 4 rings (SSSR count). The van der Waals surface area contributed by atoms with Crippen LogP contribution in [0.1, 0.15) is 44.1 Å². The van der Waals surface area contributed by atoms with Crippen LogP contribution in [0.5, 0.6) is 0 Å². The quantitative estimate of drug-likeness (QED) is 0.817. The molecule has 3 amide bonds. The molecule has 2 atom stereocenters. The van der Waals surface area contributed by atoms with Crippen molar-refractivity contribution in [1.82, 2.24) is 14.7 Å². The van der Waals surface area contributed by atoms with Crippen molar-refractivity contribution in [2.24, 2.45) is 5.92 Å². The van der Waals surface area contributed by atoms with Crippen molar-refractivity contribution in [2.75, 3.05) is 19.6 Å². The zero-order valence-electron chi connectivity index (χ0n) is 17.0. The molecule has 3 aliphatic rings. The maximum Gasteiger partial charge on any atom is 0.409 e. The molecule has 0 spiro atoms. The maximum atomic E-state index is 13.5. The largest absolute Gasteiger partial charge is 0.465 e. The first-order valence-electron chi connectivity index (χ1n) is 10.8. The first kappa shape index (κ1) is 20.6. The summed E-state index contributed by atoms with van der Waals surface area (Å²) in [6.07, 6.45) is 3.78. The third-order valence-electron chi connectivity index (χ3n) is 6.68. The predicted octanol–water partition coefficient (Wildman–Crippen LogP) is 2.70. The maximum absolute atomic E-state index is 13.5. The molecule has 2 aliphatic heterocycles. The van der Waals surface area contributed by atoms with Crippen molar-refractivity contribution in [3.05, 3.63) is 35.6 Å². The number of piperazine rings is 1. The summed E-state index contributed by atoms with van der Waals surface area (Å²) in [7, 11) is 0. The fraction of sp³-hybridized carbons (Fsp3) is 0.591. The Morgan fingerprint density at radius 1 is 1.17 bits per heavy atom. The second-order valence-corrected chi connectivity index (χ2v) is 8.51. The Hall–Kier alpha value is -2.64. The minimum atomic E-state index is -1.07. The summed E-state index contributed by atoms with van der Waals surface area (Å²) in [6, 6.07) is 5.68. The van der Waals surface area contributed by atoms with Gasteiger partial charge in [-0.15, -0.1) is 0 Å². The van der Waals surface area contributed by atoms with Crippen LogP contribution in [0.3, 0.4) is 0 Å². The monoisotopic (exact) mass is 417 g/mol. The summed E-state index contributed by atoms with van der Waals surface area (Å²) in [5.74, 6) is -0.497. The molecule has 7 nitrogen and oxygen atoms in total. The first-order chi connectivity index (χ1) is 14.5. The molecule has 1 N–H and O–H groups in total. The molecular formula is C22H28FN3O4. The Kier molecular flexibility index (Phi) is 5.92. The third-order valence-corrected chi connectivity index (χ3v) is 6.68. The van der Waals surface area contributed by atoms with E-state index in [2.05, 4.69) is 0 Å². The van der Waals surface area contributed by atoms with Crippen molar-refractivity contribution in [2.45, 2.75) is 57.2 Å². The molecule has 2 heterocycles. The number of hydrogen-bond acceptors (Lipinski definition) is 3. The zero-order valence-corrected chi connectivity index (χ0v) is 17.0. The molecule has 8 heteroatoms. The fourth-order valence-corrected chi connectivity index (χ4v) is 5.19. The van der Waals surface area contributed by atoms with Crippen LogP contribution >= 0.6 is 0 Å². The molecule has 30 heavy (non-hydrogen) atoms. The number of fused-ring (bicyclic) bond motifs is 1. The van der Waals surface area contributed by atoms with Gasteiger partial charge in [0.25, 0.3) is 0 Å². The van der Waals surface area contributed by atoms with Gasteiger partial charge in [0.2, 0.25) is 11.8 Å². The highest BCUT2D eigenvalue weighted by Gasteiger charge is 2.51. The van der Waals surface area contributed by atoms with E-state index < -0.39 is 18.3 Å². The average Bonchev–Trinajstić information content (AvgIpc) is 2.73. The predicted molar refractivity (Wildman–Crippen MR) is 107 cm³/mol. The topological polar surface area (TPSA) is 81.2 Å². The lowest BCUT2D eigenvalue weighted by Crippen LogP contribution is -2.72. The molecule has 2 saturated heterocycles. The second kappa shape index (κ2) is 8.62. The molecule has 1 aromatic rings. The summed E-state index contributed by atoms with van der Waals surface area (Å²) in [6.45, 7) is 0.686. The second-order valence-electron chi connectivity index (χ2n) is 8.51. The molecule has 0 radical (unpaired) electrons. The van der Waals surface area contributed by atoms with Gasteiger partial charge in [-0.25, -0.2) is 9.18 Å². The van der Waals surface area contributed by atoms with E-state index >= 15 is 0 Å². The van der Waals surface area contributed by atoms with Crippen LogP contribution in [-0.4, -0.2) is 69.6 Å². The SMILES string of the molecule is O=C1[C@H](C2CCCCC2)N2C(=O)CCN(C(=O)O)[C@H]2CN1CCc1cccc(F)c1. The number of benzene rings is 1. The molecule has 1 saturated carbocycles. The number of carboxylic acid groups (broad SMARTS) is 1. The van der Waals surface area contributed by atoms with Crippen molar-refractivity contribution in [1.29, 1.82) is 0 Å². The lowest BCUT2D eigenvalue weighted by atomic mass is 9.81. The molecule has 0 unspecified atom stereocenters. The van der Waals surface area contributed by atoms with Crippen LogP contribution in [0.15, 0.2) is 24.3 Å². The minimum absolute atomic E-state index is 0.0587. The van der Waals surface area contributed by atoms with E-state index in [-0.39, 0.29) is 43.1 Å². The van der Waals surface area contributed by atoms with Gasteiger partial charge in [-0.1, -0.05) is 31.4 Å². The smallest absolute Gasteiger partial charge is 0.409 e. The number of nitrogens with zero attached hydrogens (tertiary/aromatic N) is 3. The van der Waals surface area contributed by atoms with Crippen molar-refractivity contribution < 1.29 is 23.9 Å². The Morgan fingerprint density at radius 3 is 2.63 bits per heavy atom. The van der Waals surface area contributed by atoms with Crippen LogP contribution in [-0.2, 0) is 16.0 Å². The van der Waals surface area contributed by atoms with Gasteiger partial charge in [0, 0.05) is 19.5 Å². The number of halogens is 1. The summed E-state index contributed by atoms with van der Waals surface area (Å²) in [5, 5.41) is 9.69. The van der Waals surface area contributed by atoms with Gasteiger partial charge in [-0.2, -0.15) is 0 Å². The van der Waals surface area contributed by atoms with Gasteiger partial charge in [-0.3, -0.25) is 14.5 Å². The van der Waals surface area contributed by atoms with Crippen LogP contribution in [0.4, 0.5) is 9.18 Å². The highest BCUT2D eigenvalue weighted by molar-refractivity contribution is 5.90. The third kappa shape index (κ3) is 4.00. The van der Waals surface area contributed by atoms with Gasteiger partial charge in [0.15, 0.2) is 0 Å². The van der Waals surface area contributed by atoms with Crippen molar-refractivity contribution in [3.8, 4) is 0 Å². The molecule has 0 aromatic heterocycles. The van der Waals surface area contributed by atoms with Gasteiger partial charge >= 0.3 is 6.09 Å². The van der Waals surface area contributed by atoms with Crippen LogP contribution in [0.2, 0.25) is 0 Å². The Balaban J connectivity index is 1.60. The average molecular weight is 417 g/mol. The van der Waals surface area contributed by atoms with Gasteiger partial charge in [0.1, 0.15) is 18.0 Å². The fourth-order valence-electron chi connectivity index (χ4n) is 5.19. The summed E-state index contributed by atoms with van der Waals surface area (Å²) < 4.78 is 13.5.